The lowest BCUT2D eigenvalue weighted by atomic mass is 10.0. The molecule has 82 valence electrons. The number of hydrogen-bond acceptors (Lipinski definition) is 3. The zero-order chi connectivity index (χ0) is 10.6. The SMILES string of the molecule is CC(N)CC(=O)NCC1(CCO)CC1. The predicted octanol–water partition coefficient (Wildman–Crippen LogP) is 0.00250. The van der Waals surface area contributed by atoms with E-state index in [2.05, 4.69) is 5.32 Å². The van der Waals surface area contributed by atoms with E-state index < -0.39 is 0 Å². The minimum Gasteiger partial charge on any atom is -0.396 e. The smallest absolute Gasteiger partial charge is 0.221 e. The summed E-state index contributed by atoms with van der Waals surface area (Å²) in [6, 6.07) is -0.0806. The Bertz CT molecular complexity index is 200. The van der Waals surface area contributed by atoms with Crippen LogP contribution in [0.3, 0.4) is 0 Å². The van der Waals surface area contributed by atoms with Crippen LogP contribution in [0, 0.1) is 5.41 Å². The van der Waals surface area contributed by atoms with Gasteiger partial charge in [-0.05, 0) is 31.6 Å². The maximum absolute atomic E-state index is 11.3. The van der Waals surface area contributed by atoms with E-state index in [1.54, 1.807) is 0 Å². The van der Waals surface area contributed by atoms with Crippen molar-refractivity contribution in [1.82, 2.24) is 5.32 Å². The highest BCUT2D eigenvalue weighted by Gasteiger charge is 2.41. The van der Waals surface area contributed by atoms with Crippen LogP contribution < -0.4 is 11.1 Å². The molecule has 0 aliphatic heterocycles. The Morgan fingerprint density at radius 2 is 2.29 bits per heavy atom. The fourth-order valence-corrected chi connectivity index (χ4v) is 1.58. The molecule has 0 aromatic carbocycles. The minimum absolute atomic E-state index is 0.0178. The third kappa shape index (κ3) is 3.64. The molecule has 1 amide bonds. The van der Waals surface area contributed by atoms with E-state index in [4.69, 9.17) is 10.8 Å². The molecule has 1 rings (SSSR count). The second-order valence-corrected chi connectivity index (χ2v) is 4.43. The van der Waals surface area contributed by atoms with Gasteiger partial charge in [-0.25, -0.2) is 0 Å². The molecule has 0 aromatic heterocycles. The van der Waals surface area contributed by atoms with Crippen molar-refractivity contribution in [2.24, 2.45) is 11.1 Å². The summed E-state index contributed by atoms with van der Waals surface area (Å²) in [5.41, 5.74) is 5.70. The van der Waals surface area contributed by atoms with Gasteiger partial charge < -0.3 is 16.2 Å². The van der Waals surface area contributed by atoms with Crippen molar-refractivity contribution in [3.05, 3.63) is 0 Å². The summed E-state index contributed by atoms with van der Waals surface area (Å²) in [6.07, 6.45) is 3.42. The van der Waals surface area contributed by atoms with Gasteiger partial charge in [0.15, 0.2) is 0 Å². The second-order valence-electron chi connectivity index (χ2n) is 4.43. The number of carbonyl (C=O) groups is 1. The Balaban J connectivity index is 2.17. The number of nitrogens with two attached hydrogens (primary N) is 1. The van der Waals surface area contributed by atoms with Crippen molar-refractivity contribution in [2.45, 2.75) is 38.6 Å². The third-order valence-electron chi connectivity index (χ3n) is 2.77. The second kappa shape index (κ2) is 4.75. The molecular formula is C10H20N2O2. The lowest BCUT2D eigenvalue weighted by Gasteiger charge is -2.15. The zero-order valence-electron chi connectivity index (χ0n) is 8.75. The standard InChI is InChI=1S/C10H20N2O2/c1-8(11)6-9(14)12-7-10(2-3-10)4-5-13/h8,13H,2-7,11H2,1H3,(H,12,14). The maximum Gasteiger partial charge on any atom is 0.221 e. The molecule has 0 spiro atoms. The van der Waals surface area contributed by atoms with Gasteiger partial charge in [-0.3, -0.25) is 4.79 Å². The van der Waals surface area contributed by atoms with Crippen LogP contribution in [-0.2, 0) is 4.79 Å². The van der Waals surface area contributed by atoms with Gasteiger partial charge in [0.05, 0.1) is 0 Å². The monoisotopic (exact) mass is 200 g/mol. The van der Waals surface area contributed by atoms with Crippen molar-refractivity contribution in [1.29, 1.82) is 0 Å². The van der Waals surface area contributed by atoms with Crippen molar-refractivity contribution in [2.75, 3.05) is 13.2 Å². The van der Waals surface area contributed by atoms with Crippen LogP contribution >= 0.6 is 0 Å². The fraction of sp³-hybridized carbons (Fsp3) is 0.900. The fourth-order valence-electron chi connectivity index (χ4n) is 1.58. The summed E-state index contributed by atoms with van der Waals surface area (Å²) in [4.78, 5) is 11.3. The Labute approximate surface area is 84.9 Å². The summed E-state index contributed by atoms with van der Waals surface area (Å²) in [7, 11) is 0. The highest BCUT2D eigenvalue weighted by molar-refractivity contribution is 5.76. The first kappa shape index (κ1) is 11.5. The van der Waals surface area contributed by atoms with Gasteiger partial charge in [0.25, 0.3) is 0 Å². The van der Waals surface area contributed by atoms with Crippen molar-refractivity contribution in [3.63, 3.8) is 0 Å². The van der Waals surface area contributed by atoms with Crippen LogP contribution in [-0.4, -0.2) is 30.2 Å². The average Bonchev–Trinajstić information content (AvgIpc) is 2.82. The molecule has 0 radical (unpaired) electrons. The first-order valence-electron chi connectivity index (χ1n) is 5.21. The number of hydrogen-bond donors (Lipinski definition) is 3. The first-order chi connectivity index (χ1) is 6.58. The molecule has 4 heteroatoms. The Morgan fingerprint density at radius 3 is 2.71 bits per heavy atom. The maximum atomic E-state index is 11.3. The van der Waals surface area contributed by atoms with E-state index in [1.165, 1.54) is 0 Å². The lowest BCUT2D eigenvalue weighted by molar-refractivity contribution is -0.121. The first-order valence-corrected chi connectivity index (χ1v) is 5.21. The van der Waals surface area contributed by atoms with Gasteiger partial charge in [-0.2, -0.15) is 0 Å². The van der Waals surface area contributed by atoms with Crippen LogP contribution in [0.25, 0.3) is 0 Å². The molecule has 4 N–H and O–H groups in total. The molecule has 0 bridgehead atoms. The molecule has 1 saturated carbocycles. The van der Waals surface area contributed by atoms with Crippen molar-refractivity contribution < 1.29 is 9.90 Å². The molecule has 1 aliphatic rings. The third-order valence-corrected chi connectivity index (χ3v) is 2.77. The molecule has 0 heterocycles. The lowest BCUT2D eigenvalue weighted by Crippen LogP contribution is -2.34. The topological polar surface area (TPSA) is 75.4 Å². The van der Waals surface area contributed by atoms with E-state index in [1.807, 2.05) is 6.92 Å². The highest BCUT2D eigenvalue weighted by Crippen LogP contribution is 2.47. The molecular weight excluding hydrogens is 180 g/mol. The van der Waals surface area contributed by atoms with Crippen LogP contribution in [0.5, 0.6) is 0 Å². The van der Waals surface area contributed by atoms with E-state index in [-0.39, 0.29) is 24.0 Å². The number of aliphatic hydroxyl groups excluding tert-OH is 1. The van der Waals surface area contributed by atoms with Gasteiger partial charge in [0.1, 0.15) is 0 Å². The molecule has 14 heavy (non-hydrogen) atoms. The molecule has 0 saturated heterocycles. The van der Waals surface area contributed by atoms with Gasteiger partial charge in [-0.1, -0.05) is 0 Å². The molecule has 4 nitrogen and oxygen atoms in total. The number of rotatable bonds is 6. The van der Waals surface area contributed by atoms with Crippen LogP contribution in [0.15, 0.2) is 0 Å². The van der Waals surface area contributed by atoms with Crippen molar-refractivity contribution >= 4 is 5.91 Å². The van der Waals surface area contributed by atoms with Crippen molar-refractivity contribution in [3.8, 4) is 0 Å². The minimum atomic E-state index is -0.0806. The number of carbonyl (C=O) groups excluding carboxylic acids is 1. The zero-order valence-corrected chi connectivity index (χ0v) is 8.75. The Kier molecular flexibility index (Phi) is 3.89. The Hall–Kier alpha value is -0.610. The largest absolute Gasteiger partial charge is 0.396 e. The summed E-state index contributed by atoms with van der Waals surface area (Å²) in [5, 5.41) is 11.7. The van der Waals surface area contributed by atoms with E-state index in [0.29, 0.717) is 13.0 Å². The molecule has 1 aliphatic carbocycles. The van der Waals surface area contributed by atoms with E-state index in [9.17, 15) is 4.79 Å². The number of aliphatic hydroxyl groups is 1. The quantitative estimate of drug-likeness (QED) is 0.565. The molecule has 1 fully saturated rings. The highest BCUT2D eigenvalue weighted by atomic mass is 16.3. The predicted molar refractivity (Wildman–Crippen MR) is 54.6 cm³/mol. The van der Waals surface area contributed by atoms with Gasteiger partial charge in [-0.15, -0.1) is 0 Å². The van der Waals surface area contributed by atoms with E-state index in [0.717, 1.165) is 19.3 Å². The normalized spacial score (nSPS) is 20.2. The summed E-state index contributed by atoms with van der Waals surface area (Å²) >= 11 is 0. The van der Waals surface area contributed by atoms with E-state index >= 15 is 0 Å². The average molecular weight is 200 g/mol. The van der Waals surface area contributed by atoms with Gasteiger partial charge in [0.2, 0.25) is 5.91 Å². The molecule has 1 unspecified atom stereocenters. The molecule has 1 atom stereocenters. The van der Waals surface area contributed by atoms with Crippen LogP contribution in [0.4, 0.5) is 0 Å². The Morgan fingerprint density at radius 1 is 1.64 bits per heavy atom. The van der Waals surface area contributed by atoms with Crippen LogP contribution in [0.2, 0.25) is 0 Å². The van der Waals surface area contributed by atoms with Gasteiger partial charge in [0, 0.05) is 25.6 Å². The summed E-state index contributed by atoms with van der Waals surface area (Å²) < 4.78 is 0. The number of amides is 1. The summed E-state index contributed by atoms with van der Waals surface area (Å²) in [6.45, 7) is 2.72. The van der Waals surface area contributed by atoms with Gasteiger partial charge >= 0.3 is 0 Å². The number of nitrogens with one attached hydrogen (secondary N) is 1. The molecule has 0 aromatic rings. The summed E-state index contributed by atoms with van der Waals surface area (Å²) in [5.74, 6) is 0.0178. The van der Waals surface area contributed by atoms with Crippen LogP contribution in [0.1, 0.15) is 32.6 Å².